The number of nitrogens with zero attached hydrogens (tertiary/aromatic N) is 4. The zero-order valence-electron chi connectivity index (χ0n) is 14.9. The monoisotopic (exact) mass is 382 g/mol. The Morgan fingerprint density at radius 1 is 1.25 bits per heavy atom. The molecule has 2 N–H and O–H groups in total. The maximum atomic E-state index is 13.3. The van der Waals surface area contributed by atoms with Crippen molar-refractivity contribution in [1.29, 1.82) is 0 Å². The summed E-state index contributed by atoms with van der Waals surface area (Å²) in [5.41, 5.74) is 1.38. The van der Waals surface area contributed by atoms with E-state index in [0.717, 1.165) is 5.39 Å². The van der Waals surface area contributed by atoms with Crippen LogP contribution in [0.3, 0.4) is 0 Å². The van der Waals surface area contributed by atoms with Crippen molar-refractivity contribution < 1.29 is 13.6 Å². The van der Waals surface area contributed by atoms with Gasteiger partial charge in [-0.15, -0.1) is 0 Å². The van der Waals surface area contributed by atoms with E-state index in [9.17, 15) is 13.6 Å². The zero-order valence-corrected chi connectivity index (χ0v) is 14.9. The number of pyridine rings is 1. The first-order chi connectivity index (χ1) is 13.6. The first kappa shape index (κ1) is 17.8. The zero-order chi connectivity index (χ0) is 19.7. The van der Waals surface area contributed by atoms with Crippen LogP contribution in [0.1, 0.15) is 29.5 Å². The third-order valence-electron chi connectivity index (χ3n) is 4.33. The Hall–Kier alpha value is -3.62. The second kappa shape index (κ2) is 7.18. The molecule has 142 valence electrons. The van der Waals surface area contributed by atoms with Crippen LogP contribution in [0.15, 0.2) is 48.8 Å². The molecule has 0 fully saturated rings. The highest BCUT2D eigenvalue weighted by atomic mass is 19.3. The summed E-state index contributed by atoms with van der Waals surface area (Å²) in [7, 11) is 0. The Morgan fingerprint density at radius 2 is 2.07 bits per heavy atom. The summed E-state index contributed by atoms with van der Waals surface area (Å²) >= 11 is 0. The van der Waals surface area contributed by atoms with Gasteiger partial charge < -0.3 is 10.3 Å². The van der Waals surface area contributed by atoms with E-state index >= 15 is 0 Å². The van der Waals surface area contributed by atoms with Gasteiger partial charge in [-0.3, -0.25) is 4.79 Å². The van der Waals surface area contributed by atoms with Crippen molar-refractivity contribution in [2.24, 2.45) is 0 Å². The molecule has 3 heterocycles. The van der Waals surface area contributed by atoms with E-state index < -0.39 is 12.3 Å². The molecule has 0 aliphatic carbocycles. The van der Waals surface area contributed by atoms with E-state index in [-0.39, 0.29) is 11.4 Å². The first-order valence-corrected chi connectivity index (χ1v) is 8.63. The topological polar surface area (TPSA) is 88.5 Å². The number of carbonyl (C=O) groups is 1. The molecule has 0 radical (unpaired) electrons. The largest absolute Gasteiger partial charge is 0.339 e. The lowest BCUT2D eigenvalue weighted by Crippen LogP contribution is -2.19. The minimum atomic E-state index is -2.58. The normalized spacial score (nSPS) is 11.3. The number of nitrogens with one attached hydrogen (secondary N) is 2. The molecular weight excluding hydrogens is 366 g/mol. The van der Waals surface area contributed by atoms with Gasteiger partial charge in [0, 0.05) is 28.8 Å². The molecule has 0 saturated carbocycles. The number of aromatic amines is 1. The van der Waals surface area contributed by atoms with Gasteiger partial charge in [0.25, 0.3) is 12.3 Å². The second-order valence-corrected chi connectivity index (χ2v) is 6.06. The van der Waals surface area contributed by atoms with Gasteiger partial charge in [0.2, 0.25) is 5.82 Å². The number of aromatic nitrogens is 5. The molecule has 0 aliphatic rings. The molecule has 0 saturated heterocycles. The molecule has 3 aromatic heterocycles. The number of amides is 1. The quantitative estimate of drug-likeness (QED) is 0.545. The van der Waals surface area contributed by atoms with Crippen LogP contribution < -0.4 is 5.32 Å². The predicted molar refractivity (Wildman–Crippen MR) is 100 cm³/mol. The average molecular weight is 382 g/mol. The number of alkyl halides is 2. The summed E-state index contributed by atoms with van der Waals surface area (Å²) in [6, 6.07) is 11.5. The number of rotatable bonds is 5. The summed E-state index contributed by atoms with van der Waals surface area (Å²) in [4.78, 5) is 23.7. The average Bonchev–Trinajstić information content (AvgIpc) is 3.34. The van der Waals surface area contributed by atoms with Gasteiger partial charge in [0.1, 0.15) is 17.8 Å². The number of carbonyl (C=O) groups excluding carboxylic acids is 1. The maximum Gasteiger partial charge on any atom is 0.294 e. The van der Waals surface area contributed by atoms with Crippen molar-refractivity contribution >= 4 is 22.8 Å². The lowest BCUT2D eigenvalue weighted by molar-refractivity contribution is 0.101. The molecule has 7 nitrogen and oxygen atoms in total. The third-order valence-corrected chi connectivity index (χ3v) is 4.33. The summed E-state index contributed by atoms with van der Waals surface area (Å²) in [5.74, 6) is 0.0714. The Morgan fingerprint density at radius 3 is 2.86 bits per heavy atom. The molecule has 0 unspecified atom stereocenters. The van der Waals surface area contributed by atoms with Crippen molar-refractivity contribution in [3.63, 3.8) is 0 Å². The minimum absolute atomic E-state index is 0.0542. The van der Waals surface area contributed by atoms with Crippen LogP contribution in [0.25, 0.3) is 22.3 Å². The molecule has 28 heavy (non-hydrogen) atoms. The number of hydrogen-bond donors (Lipinski definition) is 2. The van der Waals surface area contributed by atoms with E-state index in [1.807, 2.05) is 6.92 Å². The lowest BCUT2D eigenvalue weighted by atomic mass is 10.1. The van der Waals surface area contributed by atoms with Gasteiger partial charge >= 0.3 is 0 Å². The van der Waals surface area contributed by atoms with Crippen LogP contribution in [-0.4, -0.2) is 30.6 Å². The number of anilines is 1. The number of benzene rings is 1. The Kier molecular flexibility index (Phi) is 4.56. The van der Waals surface area contributed by atoms with E-state index in [1.54, 1.807) is 36.4 Å². The minimum Gasteiger partial charge on any atom is -0.339 e. The van der Waals surface area contributed by atoms with Crippen LogP contribution in [0.5, 0.6) is 0 Å². The van der Waals surface area contributed by atoms with Crippen molar-refractivity contribution in [1.82, 2.24) is 24.7 Å². The highest BCUT2D eigenvalue weighted by Gasteiger charge is 2.17. The maximum absolute atomic E-state index is 13.3. The fourth-order valence-corrected chi connectivity index (χ4v) is 3.00. The number of fused-ring (bicyclic) bond motifs is 1. The molecule has 4 rings (SSSR count). The summed E-state index contributed by atoms with van der Waals surface area (Å²) in [6.07, 6.45) is -1.27. The molecule has 1 aromatic carbocycles. The molecule has 0 atom stereocenters. The molecule has 9 heteroatoms. The van der Waals surface area contributed by atoms with Gasteiger partial charge in [0.05, 0.1) is 0 Å². The molecular formula is C19H16F2N6O. The number of H-pyrrole nitrogens is 1. The Bertz CT molecular complexity index is 1150. The van der Waals surface area contributed by atoms with Crippen LogP contribution in [-0.2, 0) is 6.54 Å². The molecule has 0 aliphatic heterocycles. The van der Waals surface area contributed by atoms with Crippen LogP contribution >= 0.6 is 0 Å². The molecule has 0 spiro atoms. The van der Waals surface area contributed by atoms with Gasteiger partial charge in [-0.25, -0.2) is 23.4 Å². The smallest absolute Gasteiger partial charge is 0.294 e. The van der Waals surface area contributed by atoms with E-state index in [1.165, 1.54) is 17.1 Å². The van der Waals surface area contributed by atoms with Crippen LogP contribution in [0.4, 0.5) is 14.6 Å². The van der Waals surface area contributed by atoms with E-state index in [4.69, 9.17) is 0 Å². The molecule has 0 bridgehead atoms. The fraction of sp³-hybridized carbons (Fsp3) is 0.158. The van der Waals surface area contributed by atoms with Crippen molar-refractivity contribution in [2.75, 3.05) is 5.32 Å². The Balaban J connectivity index is 1.65. The molecule has 1 amide bonds. The number of aryl methyl sites for hydroxylation is 1. The highest BCUT2D eigenvalue weighted by Crippen LogP contribution is 2.32. The van der Waals surface area contributed by atoms with E-state index in [2.05, 4.69) is 25.4 Å². The highest BCUT2D eigenvalue weighted by molar-refractivity contribution is 6.01. The lowest BCUT2D eigenvalue weighted by Gasteiger charge is -2.06. The van der Waals surface area contributed by atoms with Crippen LogP contribution in [0, 0.1) is 0 Å². The van der Waals surface area contributed by atoms with Crippen molar-refractivity contribution in [2.45, 2.75) is 19.9 Å². The van der Waals surface area contributed by atoms with Gasteiger partial charge in [-0.1, -0.05) is 24.3 Å². The molecule has 4 aromatic rings. The van der Waals surface area contributed by atoms with Gasteiger partial charge in [-0.2, -0.15) is 5.10 Å². The standard InChI is InChI=1S/C19H16F2N6O/c1-2-27-18(22-10-23-27)19(28)26-15-8-7-11-9-14(24-17(11)25-15)12-5-3-4-6-13(12)16(20)21/h3-10,16H,2H2,1H3,(H2,24,25,26,28). The van der Waals surface area contributed by atoms with Gasteiger partial charge in [0.15, 0.2) is 0 Å². The van der Waals surface area contributed by atoms with Gasteiger partial charge in [-0.05, 0) is 25.1 Å². The number of hydrogen-bond acceptors (Lipinski definition) is 4. The second-order valence-electron chi connectivity index (χ2n) is 6.06. The van der Waals surface area contributed by atoms with Crippen molar-refractivity contribution in [3.05, 3.63) is 60.2 Å². The summed E-state index contributed by atoms with van der Waals surface area (Å²) in [6.45, 7) is 2.37. The van der Waals surface area contributed by atoms with Crippen molar-refractivity contribution in [3.8, 4) is 11.3 Å². The number of halogens is 2. The Labute approximate surface area is 158 Å². The third kappa shape index (κ3) is 3.22. The van der Waals surface area contributed by atoms with Crippen LogP contribution in [0.2, 0.25) is 0 Å². The predicted octanol–water partition coefficient (Wildman–Crippen LogP) is 4.03. The SMILES string of the molecule is CCn1ncnc1C(=O)Nc1ccc2cc(-c3ccccc3C(F)F)[nH]c2n1. The van der Waals surface area contributed by atoms with E-state index in [0.29, 0.717) is 29.3 Å². The fourth-order valence-electron chi connectivity index (χ4n) is 3.00. The summed E-state index contributed by atoms with van der Waals surface area (Å²) in [5, 5.41) is 7.38. The summed E-state index contributed by atoms with van der Waals surface area (Å²) < 4.78 is 28.0. The first-order valence-electron chi connectivity index (χ1n) is 8.63.